The van der Waals surface area contributed by atoms with Crippen LogP contribution in [0.25, 0.3) is 10.3 Å². The summed E-state index contributed by atoms with van der Waals surface area (Å²) < 4.78 is 0. The number of hydrogen-bond acceptors (Lipinski definition) is 6. The summed E-state index contributed by atoms with van der Waals surface area (Å²) in [5.41, 5.74) is 4.91. The molecule has 1 atom stereocenters. The van der Waals surface area contributed by atoms with Crippen molar-refractivity contribution in [3.05, 3.63) is 47.7 Å². The molecule has 31 heavy (non-hydrogen) atoms. The number of carbonyl (C=O) groups is 1. The normalized spacial score (nSPS) is 19.8. The first-order valence-corrected chi connectivity index (χ1v) is 12.0. The summed E-state index contributed by atoms with van der Waals surface area (Å²) in [6.07, 6.45) is 3.81. The van der Waals surface area contributed by atoms with Gasteiger partial charge in [-0.15, -0.1) is 0 Å². The Balaban J connectivity index is 1.23. The topological polar surface area (TPSA) is 52.6 Å². The molecule has 0 bridgehead atoms. The van der Waals surface area contributed by atoms with Crippen molar-refractivity contribution >= 4 is 38.4 Å². The Morgan fingerprint density at radius 2 is 1.87 bits per heavy atom. The van der Waals surface area contributed by atoms with Crippen LogP contribution >= 0.6 is 11.3 Å². The first-order valence-electron chi connectivity index (χ1n) is 11.2. The maximum absolute atomic E-state index is 13.3. The van der Waals surface area contributed by atoms with Gasteiger partial charge in [0.25, 0.3) is 0 Å². The number of piperazine rings is 1. The zero-order chi connectivity index (χ0) is 21.4. The molecule has 1 unspecified atom stereocenters. The number of pyridine rings is 1. The fourth-order valence-electron chi connectivity index (χ4n) is 4.75. The molecule has 4 heterocycles. The average Bonchev–Trinajstić information content (AvgIpc) is 3.25. The monoisotopic (exact) mass is 435 g/mol. The predicted octanol–water partition coefficient (Wildman–Crippen LogP) is 3.87. The molecular formula is C24H29N5OS. The van der Waals surface area contributed by atoms with Gasteiger partial charge in [-0.3, -0.25) is 4.79 Å². The van der Waals surface area contributed by atoms with Crippen LogP contribution in [0, 0.1) is 19.8 Å². The van der Waals surface area contributed by atoms with E-state index < -0.39 is 0 Å². The van der Waals surface area contributed by atoms with Gasteiger partial charge in [0.2, 0.25) is 5.91 Å². The molecule has 0 spiro atoms. The smallest absolute Gasteiger partial charge is 0.227 e. The van der Waals surface area contributed by atoms with Crippen molar-refractivity contribution in [3.63, 3.8) is 0 Å². The van der Waals surface area contributed by atoms with Crippen molar-refractivity contribution in [2.75, 3.05) is 49.1 Å². The molecule has 6 nitrogen and oxygen atoms in total. The lowest BCUT2D eigenvalue weighted by Crippen LogP contribution is -2.52. The van der Waals surface area contributed by atoms with Gasteiger partial charge in [0.15, 0.2) is 5.13 Å². The number of thiazole rings is 1. The number of aromatic nitrogens is 2. The Labute approximate surface area is 187 Å². The van der Waals surface area contributed by atoms with E-state index in [4.69, 9.17) is 4.98 Å². The van der Waals surface area contributed by atoms with Crippen molar-refractivity contribution < 1.29 is 4.79 Å². The molecule has 1 amide bonds. The highest BCUT2D eigenvalue weighted by molar-refractivity contribution is 7.21. The Morgan fingerprint density at radius 3 is 2.68 bits per heavy atom. The van der Waals surface area contributed by atoms with Crippen LogP contribution in [0.2, 0.25) is 0 Å². The third-order valence-electron chi connectivity index (χ3n) is 6.70. The Bertz CT molecular complexity index is 1060. The van der Waals surface area contributed by atoms with Crippen LogP contribution in [0.5, 0.6) is 0 Å². The zero-order valence-corrected chi connectivity index (χ0v) is 19.1. The lowest BCUT2D eigenvalue weighted by Gasteiger charge is -2.40. The molecule has 2 fully saturated rings. The highest BCUT2D eigenvalue weighted by Gasteiger charge is 2.32. The van der Waals surface area contributed by atoms with Crippen LogP contribution in [-0.4, -0.2) is 60.0 Å². The number of piperidine rings is 1. The number of anilines is 2. The number of amides is 1. The van der Waals surface area contributed by atoms with E-state index in [1.807, 2.05) is 18.3 Å². The van der Waals surface area contributed by atoms with Crippen LogP contribution in [0.1, 0.15) is 24.0 Å². The largest absolute Gasteiger partial charge is 0.368 e. The lowest BCUT2D eigenvalue weighted by atomic mass is 9.96. The molecule has 2 aliphatic rings. The highest BCUT2D eigenvalue weighted by atomic mass is 32.1. The third kappa shape index (κ3) is 3.99. The minimum Gasteiger partial charge on any atom is -0.368 e. The summed E-state index contributed by atoms with van der Waals surface area (Å²) in [5.74, 6) is 0.366. The van der Waals surface area contributed by atoms with Gasteiger partial charge in [-0.2, -0.15) is 0 Å². The van der Waals surface area contributed by atoms with E-state index in [2.05, 4.69) is 51.7 Å². The summed E-state index contributed by atoms with van der Waals surface area (Å²) in [6.45, 7) is 9.47. The van der Waals surface area contributed by atoms with E-state index in [0.717, 1.165) is 67.6 Å². The number of nitrogens with zero attached hydrogens (tertiary/aromatic N) is 5. The molecule has 0 aliphatic carbocycles. The molecule has 2 saturated heterocycles. The van der Waals surface area contributed by atoms with E-state index in [0.29, 0.717) is 5.91 Å². The second-order valence-electron chi connectivity index (χ2n) is 8.64. The van der Waals surface area contributed by atoms with Gasteiger partial charge in [0.05, 0.1) is 5.92 Å². The molecule has 1 aromatic carbocycles. The Morgan fingerprint density at radius 1 is 1.03 bits per heavy atom. The Kier molecular flexibility index (Phi) is 5.52. The molecule has 7 heteroatoms. The van der Waals surface area contributed by atoms with Gasteiger partial charge in [0.1, 0.15) is 10.3 Å². The van der Waals surface area contributed by atoms with Crippen LogP contribution in [0.3, 0.4) is 0 Å². The third-order valence-corrected chi connectivity index (χ3v) is 7.74. The molecule has 0 radical (unpaired) electrons. The van der Waals surface area contributed by atoms with Crippen molar-refractivity contribution in [1.29, 1.82) is 0 Å². The summed E-state index contributed by atoms with van der Waals surface area (Å²) in [4.78, 5) is 30.2. The summed E-state index contributed by atoms with van der Waals surface area (Å²) in [7, 11) is 0. The number of hydrogen-bond donors (Lipinski definition) is 0. The average molecular weight is 436 g/mol. The number of rotatable bonds is 3. The summed E-state index contributed by atoms with van der Waals surface area (Å²) in [6, 6.07) is 10.4. The number of aryl methyl sites for hydroxylation is 1. The van der Waals surface area contributed by atoms with Gasteiger partial charge in [0, 0.05) is 51.2 Å². The fourth-order valence-corrected chi connectivity index (χ4v) is 5.69. The molecule has 0 saturated carbocycles. The van der Waals surface area contributed by atoms with E-state index in [9.17, 15) is 4.79 Å². The number of fused-ring (bicyclic) bond motifs is 1. The minimum atomic E-state index is 0.0565. The number of carbonyl (C=O) groups excluding carboxylic acids is 1. The SMILES string of the molecule is Cc1cccc(N2CCN(C(=O)C3CCCN(c4nc5cccnc5s4)C3)CC2)c1C. The van der Waals surface area contributed by atoms with Gasteiger partial charge in [-0.05, 0) is 56.0 Å². The van der Waals surface area contributed by atoms with Crippen molar-refractivity contribution in [2.45, 2.75) is 26.7 Å². The van der Waals surface area contributed by atoms with Crippen LogP contribution in [0.4, 0.5) is 10.8 Å². The number of benzene rings is 1. The highest BCUT2D eigenvalue weighted by Crippen LogP contribution is 2.31. The Hall–Kier alpha value is -2.67. The van der Waals surface area contributed by atoms with E-state index in [-0.39, 0.29) is 5.92 Å². The molecular weight excluding hydrogens is 406 g/mol. The summed E-state index contributed by atoms with van der Waals surface area (Å²) >= 11 is 1.63. The molecule has 0 N–H and O–H groups in total. The molecule has 3 aromatic rings. The van der Waals surface area contributed by atoms with E-state index in [1.54, 1.807) is 11.3 Å². The molecule has 5 rings (SSSR count). The van der Waals surface area contributed by atoms with Crippen molar-refractivity contribution in [2.24, 2.45) is 5.92 Å². The standard InChI is InChI=1S/C24H29N5OS/c1-17-6-3-9-21(18(17)2)27-12-14-28(15-13-27)23(30)19-7-5-11-29(16-19)24-26-20-8-4-10-25-22(20)31-24/h3-4,6,8-10,19H,5,7,11-16H2,1-2H3. The second-order valence-corrected chi connectivity index (χ2v) is 9.60. The molecule has 2 aromatic heterocycles. The van der Waals surface area contributed by atoms with Crippen molar-refractivity contribution in [3.8, 4) is 0 Å². The van der Waals surface area contributed by atoms with Gasteiger partial charge in [-0.25, -0.2) is 9.97 Å². The maximum atomic E-state index is 13.3. The zero-order valence-electron chi connectivity index (χ0n) is 18.3. The molecule has 2 aliphatic heterocycles. The van der Waals surface area contributed by atoms with Crippen LogP contribution < -0.4 is 9.80 Å². The minimum absolute atomic E-state index is 0.0565. The first-order chi connectivity index (χ1) is 15.1. The van der Waals surface area contributed by atoms with E-state index >= 15 is 0 Å². The predicted molar refractivity (Wildman–Crippen MR) is 127 cm³/mol. The van der Waals surface area contributed by atoms with E-state index in [1.165, 1.54) is 16.8 Å². The van der Waals surface area contributed by atoms with Crippen molar-refractivity contribution in [1.82, 2.24) is 14.9 Å². The first kappa shape index (κ1) is 20.2. The van der Waals surface area contributed by atoms with Gasteiger partial charge < -0.3 is 14.7 Å². The van der Waals surface area contributed by atoms with Crippen LogP contribution in [0.15, 0.2) is 36.5 Å². The summed E-state index contributed by atoms with van der Waals surface area (Å²) in [5, 5.41) is 0.992. The maximum Gasteiger partial charge on any atom is 0.227 e. The van der Waals surface area contributed by atoms with Crippen LogP contribution in [-0.2, 0) is 4.79 Å². The quantitative estimate of drug-likeness (QED) is 0.625. The van der Waals surface area contributed by atoms with Gasteiger partial charge in [-0.1, -0.05) is 23.5 Å². The second kappa shape index (κ2) is 8.46. The fraction of sp³-hybridized carbons (Fsp3) is 0.458. The molecule has 162 valence electrons. The lowest BCUT2D eigenvalue weighted by molar-refractivity contribution is -0.136. The van der Waals surface area contributed by atoms with Gasteiger partial charge >= 0.3 is 0 Å².